The summed E-state index contributed by atoms with van der Waals surface area (Å²) < 4.78 is 0. The second-order valence-electron chi connectivity index (χ2n) is 4.94. The van der Waals surface area contributed by atoms with E-state index in [2.05, 4.69) is 0 Å². The van der Waals surface area contributed by atoms with E-state index < -0.39 is 72.7 Å². The van der Waals surface area contributed by atoms with E-state index in [4.69, 9.17) is 35.7 Å². The first-order valence-electron chi connectivity index (χ1n) is 6.32. The smallest absolute Gasteiger partial charge is 0.336 e. The molecule has 0 saturated heterocycles. The SMILES string of the molecule is O=C(O)CC(O)(CC(=O)O)C(=O)O.O=C(O)CC(O)(CC(=O)O)C(=O)[O-].[Pu]. The maximum Gasteiger partial charge on any atom is 0.336 e. The predicted octanol–water partition coefficient (Wildman–Crippen LogP) is -3.83. The fraction of sp³-hybridized carbons (Fsp3) is 0.500. The fourth-order valence-electron chi connectivity index (χ4n) is 1.42. The Bertz CT molecular complexity index is 513. The van der Waals surface area contributed by atoms with Crippen molar-refractivity contribution < 1.29 is 98.8 Å². The van der Waals surface area contributed by atoms with E-state index in [1.54, 1.807) is 0 Å². The van der Waals surface area contributed by atoms with Gasteiger partial charge in [0.1, 0.15) is 5.60 Å². The Labute approximate surface area is 171 Å². The van der Waals surface area contributed by atoms with Crippen LogP contribution in [0.2, 0.25) is 0 Å². The van der Waals surface area contributed by atoms with Crippen molar-refractivity contribution in [3.05, 3.63) is 0 Å². The number of carboxylic acid groups (broad SMARTS) is 6. The third-order valence-electron chi connectivity index (χ3n) is 2.55. The van der Waals surface area contributed by atoms with Crippen molar-refractivity contribution >= 4 is 35.8 Å². The standard InChI is InChI=1S/2C6H8O7.Pu/c2*7-3(8)1-6(13,5(11)12)2-4(9)10;/h2*13H,1-2H2,(H,7,8)(H,9,10)(H,11,12);/p-1. The van der Waals surface area contributed by atoms with Gasteiger partial charge in [-0.1, -0.05) is 0 Å². The molecule has 0 aliphatic rings. The minimum atomic E-state index is -2.85. The van der Waals surface area contributed by atoms with Gasteiger partial charge < -0.3 is 45.6 Å². The third-order valence-corrected chi connectivity index (χ3v) is 2.55. The summed E-state index contributed by atoms with van der Waals surface area (Å²) in [5, 5.41) is 69.4. The maximum absolute atomic E-state index is 10.3. The number of hydrogen-bond acceptors (Lipinski definition) is 9. The van der Waals surface area contributed by atoms with Gasteiger partial charge in [0.25, 0.3) is 0 Å². The van der Waals surface area contributed by atoms with Gasteiger partial charge in [-0.3, -0.25) is 19.2 Å². The Kier molecular flexibility index (Phi) is 13.3. The fourth-order valence-corrected chi connectivity index (χ4v) is 1.42. The summed E-state index contributed by atoms with van der Waals surface area (Å²) in [6.07, 6.45) is -4.70. The van der Waals surface area contributed by atoms with Crippen molar-refractivity contribution in [2.24, 2.45) is 0 Å². The molecule has 0 aliphatic heterocycles. The Hall–Kier alpha value is -2.27. The summed E-state index contributed by atoms with van der Waals surface area (Å²) in [5.41, 5.74) is -5.59. The van der Waals surface area contributed by atoms with Gasteiger partial charge in [-0.25, -0.2) is 4.79 Å². The Morgan fingerprint density at radius 3 is 0.963 bits per heavy atom. The Morgan fingerprint density at radius 2 is 0.815 bits per heavy atom. The van der Waals surface area contributed by atoms with Crippen molar-refractivity contribution in [1.82, 2.24) is 0 Å². The first-order valence-corrected chi connectivity index (χ1v) is 6.32. The van der Waals surface area contributed by atoms with Crippen molar-refractivity contribution in [2.75, 3.05) is 0 Å². The topological polar surface area (TPSA) is 267 Å². The van der Waals surface area contributed by atoms with Crippen molar-refractivity contribution in [2.45, 2.75) is 36.9 Å². The first-order chi connectivity index (χ1) is 11.6. The molecule has 154 valence electrons. The van der Waals surface area contributed by atoms with Crippen LogP contribution in [0.15, 0.2) is 0 Å². The number of aliphatic hydroxyl groups is 2. The van der Waals surface area contributed by atoms with E-state index in [1.165, 1.54) is 0 Å². The zero-order chi connectivity index (χ0) is 21.3. The second-order valence-corrected chi connectivity index (χ2v) is 4.94. The normalized spacial score (nSPS) is 10.4. The van der Waals surface area contributed by atoms with Crippen molar-refractivity contribution in [3.8, 4) is 0 Å². The van der Waals surface area contributed by atoms with E-state index in [0.717, 1.165) is 0 Å². The van der Waals surface area contributed by atoms with Gasteiger partial charge in [0.05, 0.1) is 31.7 Å². The molecule has 0 heterocycles. The summed E-state index contributed by atoms with van der Waals surface area (Å²) in [6.45, 7) is 0. The molecule has 0 fully saturated rings. The van der Waals surface area contributed by atoms with E-state index >= 15 is 0 Å². The first kappa shape index (κ1) is 29.5. The monoisotopic (exact) mass is 621 g/mol. The summed E-state index contributed by atoms with van der Waals surface area (Å²) in [5.74, 6) is -10.4. The molecule has 0 aromatic rings. The van der Waals surface area contributed by atoms with Gasteiger partial charge in [-0.15, -0.1) is 0 Å². The molecule has 15 heteroatoms. The molecular formula is C12H15O14Pu-. The molecule has 0 aliphatic carbocycles. The molecular weight excluding hydrogens is 612 g/mol. The average molecular weight is 627 g/mol. The molecule has 0 aromatic carbocycles. The van der Waals surface area contributed by atoms with E-state index in [-0.39, 0.29) is 29.2 Å². The van der Waals surface area contributed by atoms with Gasteiger partial charge in [0.15, 0.2) is 5.60 Å². The van der Waals surface area contributed by atoms with Crippen molar-refractivity contribution in [1.29, 1.82) is 0 Å². The molecule has 27 heavy (non-hydrogen) atoms. The van der Waals surface area contributed by atoms with Crippen LogP contribution in [0.25, 0.3) is 0 Å². The van der Waals surface area contributed by atoms with Crippen LogP contribution in [0.3, 0.4) is 0 Å². The van der Waals surface area contributed by atoms with Gasteiger partial charge in [0.2, 0.25) is 0 Å². The third kappa shape index (κ3) is 12.7. The minimum absolute atomic E-state index is 0. The quantitative estimate of drug-likeness (QED) is 0.122. The molecule has 0 amide bonds. The summed E-state index contributed by atoms with van der Waals surface area (Å²) in [4.78, 5) is 60.8. The number of carbonyl (C=O) groups is 6. The van der Waals surface area contributed by atoms with Crippen LogP contribution in [-0.2, 0) is 28.8 Å². The van der Waals surface area contributed by atoms with Crippen LogP contribution in [-0.4, -0.2) is 82.8 Å². The summed E-state index contributed by atoms with van der Waals surface area (Å²) in [6, 6.07) is 0. The number of hydrogen-bond donors (Lipinski definition) is 7. The predicted molar refractivity (Wildman–Crippen MR) is 71.6 cm³/mol. The van der Waals surface area contributed by atoms with Crippen LogP contribution in [0.1, 0.15) is 25.7 Å². The zero-order valence-electron chi connectivity index (χ0n) is 13.2. The molecule has 0 spiro atoms. The van der Waals surface area contributed by atoms with Gasteiger partial charge >= 0.3 is 29.8 Å². The van der Waals surface area contributed by atoms with Gasteiger partial charge in [-0.05, 0) is 0 Å². The molecule has 7 N–H and O–H groups in total. The molecule has 0 radical (unpaired) electrons. The number of carbonyl (C=O) groups excluding carboxylic acids is 1. The van der Waals surface area contributed by atoms with Crippen LogP contribution in [0.4, 0.5) is 0 Å². The average Bonchev–Trinajstić information content (AvgIpc) is 2.34. The number of aliphatic carboxylic acids is 6. The van der Waals surface area contributed by atoms with Crippen molar-refractivity contribution in [3.63, 3.8) is 0 Å². The summed E-state index contributed by atoms with van der Waals surface area (Å²) in [7, 11) is 0. The maximum atomic E-state index is 10.3. The Morgan fingerprint density at radius 1 is 0.593 bits per heavy atom. The molecule has 0 bridgehead atoms. The molecule has 0 atom stereocenters. The van der Waals surface area contributed by atoms with Crippen LogP contribution in [0.5, 0.6) is 0 Å². The minimum Gasteiger partial charge on any atom is -0.547 e. The van der Waals surface area contributed by atoms with Crippen LogP contribution < -0.4 is 5.11 Å². The molecule has 0 aromatic heterocycles. The number of carboxylic acids is 6. The van der Waals surface area contributed by atoms with Gasteiger partial charge in [-0.2, -0.15) is 0 Å². The number of rotatable bonds is 10. The molecule has 14 nitrogen and oxygen atoms in total. The molecule has 0 rings (SSSR count). The van der Waals surface area contributed by atoms with E-state index in [9.17, 15) is 33.9 Å². The zero-order valence-corrected chi connectivity index (χ0v) is 16.6. The molecule has 0 saturated carbocycles. The molecule has 0 unspecified atom stereocenters. The summed E-state index contributed by atoms with van der Waals surface area (Å²) >= 11 is 0. The second kappa shape index (κ2) is 12.2. The van der Waals surface area contributed by atoms with E-state index in [1.807, 2.05) is 0 Å². The van der Waals surface area contributed by atoms with Gasteiger partial charge in [0, 0.05) is 29.2 Å². The van der Waals surface area contributed by atoms with Crippen LogP contribution in [0, 0.1) is 29.2 Å². The largest absolute Gasteiger partial charge is 0.547 e. The Balaban J connectivity index is -0.000000411. The van der Waals surface area contributed by atoms with Crippen LogP contribution >= 0.6 is 0 Å². The van der Waals surface area contributed by atoms with E-state index in [0.29, 0.717) is 0 Å².